The van der Waals surface area contributed by atoms with Gasteiger partial charge >= 0.3 is 0 Å². The number of carbonyl (C=O) groups is 2. The third-order valence-electron chi connectivity index (χ3n) is 3.48. The molecule has 0 saturated heterocycles. The minimum absolute atomic E-state index is 0.0963. The molecule has 0 bridgehead atoms. The summed E-state index contributed by atoms with van der Waals surface area (Å²) in [6.07, 6.45) is 3.18. The van der Waals surface area contributed by atoms with Crippen molar-refractivity contribution in [3.63, 3.8) is 0 Å². The number of para-hydroxylation sites is 1. The van der Waals surface area contributed by atoms with Crippen LogP contribution < -0.4 is 10.6 Å². The third kappa shape index (κ3) is 4.21. The second kappa shape index (κ2) is 7.17. The highest BCUT2D eigenvalue weighted by Gasteiger charge is 2.24. The zero-order chi connectivity index (χ0) is 18.7. The van der Waals surface area contributed by atoms with Crippen molar-refractivity contribution in [2.45, 2.75) is 26.3 Å². The second-order valence-corrected chi connectivity index (χ2v) is 7.82. The van der Waals surface area contributed by atoms with E-state index in [9.17, 15) is 9.59 Å². The Balaban J connectivity index is 1.91. The number of rotatable bonds is 4. The molecule has 3 rings (SSSR count). The molecular weight excluding hydrogens is 348 g/mol. The fraction of sp³-hybridized carbons (Fsp3) is 0.200. The first-order valence-electron chi connectivity index (χ1n) is 8.20. The monoisotopic (exact) mass is 368 g/mol. The number of benzene rings is 1. The van der Waals surface area contributed by atoms with E-state index < -0.39 is 5.54 Å². The Morgan fingerprint density at radius 1 is 1.12 bits per heavy atom. The van der Waals surface area contributed by atoms with E-state index in [2.05, 4.69) is 10.6 Å². The van der Waals surface area contributed by atoms with Crippen molar-refractivity contribution in [1.82, 2.24) is 5.32 Å². The highest BCUT2D eigenvalue weighted by atomic mass is 32.1. The molecule has 26 heavy (non-hydrogen) atoms. The van der Waals surface area contributed by atoms with E-state index in [0.29, 0.717) is 16.7 Å². The van der Waals surface area contributed by atoms with Crippen LogP contribution in [-0.4, -0.2) is 17.4 Å². The van der Waals surface area contributed by atoms with Crippen LogP contribution in [0.5, 0.6) is 0 Å². The van der Waals surface area contributed by atoms with E-state index in [4.69, 9.17) is 4.42 Å². The van der Waals surface area contributed by atoms with Gasteiger partial charge in [0.2, 0.25) is 11.7 Å². The molecule has 0 saturated carbocycles. The smallest absolute Gasteiger partial charge is 0.289 e. The first-order valence-corrected chi connectivity index (χ1v) is 9.08. The van der Waals surface area contributed by atoms with Crippen molar-refractivity contribution >= 4 is 45.9 Å². The molecule has 3 aromatic rings. The van der Waals surface area contributed by atoms with Crippen LogP contribution in [0.3, 0.4) is 0 Å². The van der Waals surface area contributed by atoms with Gasteiger partial charge in [-0.3, -0.25) is 9.59 Å². The van der Waals surface area contributed by atoms with E-state index in [-0.39, 0.29) is 17.6 Å². The van der Waals surface area contributed by atoms with E-state index in [0.717, 1.165) is 4.88 Å². The highest BCUT2D eigenvalue weighted by Crippen LogP contribution is 2.31. The molecule has 0 aliphatic rings. The average molecular weight is 368 g/mol. The van der Waals surface area contributed by atoms with E-state index >= 15 is 0 Å². The molecule has 0 aliphatic heterocycles. The summed E-state index contributed by atoms with van der Waals surface area (Å²) >= 11 is 1.54. The Hall–Kier alpha value is -2.86. The molecule has 134 valence electrons. The Morgan fingerprint density at radius 2 is 1.88 bits per heavy atom. The van der Waals surface area contributed by atoms with Crippen molar-refractivity contribution < 1.29 is 14.0 Å². The fourth-order valence-corrected chi connectivity index (χ4v) is 3.05. The first kappa shape index (κ1) is 17.9. The van der Waals surface area contributed by atoms with Gasteiger partial charge in [-0.15, -0.1) is 11.3 Å². The predicted molar refractivity (Wildman–Crippen MR) is 105 cm³/mol. The molecule has 0 fully saturated rings. The van der Waals surface area contributed by atoms with Crippen LogP contribution >= 0.6 is 11.3 Å². The van der Waals surface area contributed by atoms with Crippen LogP contribution in [0.25, 0.3) is 17.0 Å². The Morgan fingerprint density at radius 3 is 2.58 bits per heavy atom. The summed E-state index contributed by atoms with van der Waals surface area (Å²) in [7, 11) is 0. The van der Waals surface area contributed by atoms with Gasteiger partial charge in [-0.05, 0) is 50.4 Å². The zero-order valence-corrected chi connectivity index (χ0v) is 15.6. The molecule has 0 aliphatic carbocycles. The maximum Gasteiger partial charge on any atom is 0.289 e. The molecule has 2 N–H and O–H groups in total. The minimum atomic E-state index is -0.420. The highest BCUT2D eigenvalue weighted by molar-refractivity contribution is 7.10. The molecule has 2 amide bonds. The molecular formula is C20H20N2O3S. The second-order valence-electron chi connectivity index (χ2n) is 6.84. The number of amides is 2. The van der Waals surface area contributed by atoms with Crippen molar-refractivity contribution in [2.75, 3.05) is 5.32 Å². The summed E-state index contributed by atoms with van der Waals surface area (Å²) in [5.41, 5.74) is 0.503. The van der Waals surface area contributed by atoms with Crippen LogP contribution in [0.2, 0.25) is 0 Å². The SMILES string of the molecule is CC(C)(C)NC(=O)c1oc2ccccc2c1NC(=O)/C=C/c1cccs1. The maximum atomic E-state index is 12.6. The Kier molecular flexibility index (Phi) is 4.95. The van der Waals surface area contributed by atoms with Crippen LogP contribution in [0.4, 0.5) is 5.69 Å². The molecule has 0 atom stereocenters. The largest absolute Gasteiger partial charge is 0.449 e. The summed E-state index contributed by atoms with van der Waals surface area (Å²) in [5, 5.41) is 8.28. The third-order valence-corrected chi connectivity index (χ3v) is 4.32. The summed E-state index contributed by atoms with van der Waals surface area (Å²) in [6, 6.07) is 11.1. The van der Waals surface area contributed by atoms with Crippen molar-refractivity contribution in [2.24, 2.45) is 0 Å². The predicted octanol–water partition coefficient (Wildman–Crippen LogP) is 4.67. The summed E-state index contributed by atoms with van der Waals surface area (Å²) < 4.78 is 5.71. The van der Waals surface area contributed by atoms with Crippen LogP contribution in [0.15, 0.2) is 52.3 Å². The first-order chi connectivity index (χ1) is 12.3. The maximum absolute atomic E-state index is 12.6. The Bertz CT molecular complexity index is 963. The number of hydrogen-bond donors (Lipinski definition) is 2. The van der Waals surface area contributed by atoms with Gasteiger partial charge in [0.05, 0.1) is 0 Å². The average Bonchev–Trinajstić information content (AvgIpc) is 3.19. The minimum Gasteiger partial charge on any atom is -0.449 e. The molecule has 5 nitrogen and oxygen atoms in total. The van der Waals surface area contributed by atoms with Crippen LogP contribution in [0, 0.1) is 0 Å². The molecule has 2 heterocycles. The number of carbonyl (C=O) groups excluding carboxylic acids is 2. The molecule has 0 unspecified atom stereocenters. The van der Waals surface area contributed by atoms with Crippen molar-refractivity contribution in [3.8, 4) is 0 Å². The van der Waals surface area contributed by atoms with Crippen LogP contribution in [-0.2, 0) is 4.79 Å². The lowest BCUT2D eigenvalue weighted by molar-refractivity contribution is -0.111. The van der Waals surface area contributed by atoms with E-state index in [1.54, 1.807) is 23.5 Å². The molecule has 1 aromatic carbocycles. The van der Waals surface area contributed by atoms with Gasteiger partial charge in [0, 0.05) is 21.9 Å². The van der Waals surface area contributed by atoms with Crippen molar-refractivity contribution in [3.05, 3.63) is 58.5 Å². The van der Waals surface area contributed by atoms with E-state index in [1.165, 1.54) is 6.08 Å². The van der Waals surface area contributed by atoms with Crippen LogP contribution in [0.1, 0.15) is 36.2 Å². The van der Waals surface area contributed by atoms with Gasteiger partial charge in [-0.1, -0.05) is 18.2 Å². The standard InChI is InChI=1S/C20H20N2O3S/c1-20(2,3)22-19(24)18-17(14-8-4-5-9-15(14)25-18)21-16(23)11-10-13-7-6-12-26-13/h4-12H,1-3H3,(H,21,23)(H,22,24)/b11-10+. The summed E-state index contributed by atoms with van der Waals surface area (Å²) in [6.45, 7) is 5.65. The number of nitrogens with one attached hydrogen (secondary N) is 2. The number of fused-ring (bicyclic) bond motifs is 1. The van der Waals surface area contributed by atoms with Gasteiger partial charge in [0.15, 0.2) is 0 Å². The molecule has 6 heteroatoms. The van der Waals surface area contributed by atoms with Gasteiger partial charge in [-0.25, -0.2) is 0 Å². The number of thiophene rings is 1. The summed E-state index contributed by atoms with van der Waals surface area (Å²) in [5.74, 6) is -0.597. The fourth-order valence-electron chi connectivity index (χ4n) is 2.44. The lowest BCUT2D eigenvalue weighted by Gasteiger charge is -2.19. The van der Waals surface area contributed by atoms with E-state index in [1.807, 2.05) is 56.5 Å². The lowest BCUT2D eigenvalue weighted by Crippen LogP contribution is -2.40. The topological polar surface area (TPSA) is 71.3 Å². The number of hydrogen-bond acceptors (Lipinski definition) is 4. The van der Waals surface area contributed by atoms with Crippen molar-refractivity contribution in [1.29, 1.82) is 0 Å². The quantitative estimate of drug-likeness (QED) is 0.657. The van der Waals surface area contributed by atoms with Gasteiger partial charge in [0.25, 0.3) is 5.91 Å². The normalized spacial score (nSPS) is 11.8. The number of furan rings is 1. The number of anilines is 1. The van der Waals surface area contributed by atoms with Gasteiger partial charge < -0.3 is 15.1 Å². The Labute approximate surface area is 155 Å². The molecule has 2 aromatic heterocycles. The molecule has 0 spiro atoms. The van der Waals surface area contributed by atoms with Gasteiger partial charge in [0.1, 0.15) is 11.3 Å². The zero-order valence-electron chi connectivity index (χ0n) is 14.8. The summed E-state index contributed by atoms with van der Waals surface area (Å²) in [4.78, 5) is 25.9. The molecule has 0 radical (unpaired) electrons. The van der Waals surface area contributed by atoms with Gasteiger partial charge in [-0.2, -0.15) is 0 Å². The lowest BCUT2D eigenvalue weighted by atomic mass is 10.1.